The highest BCUT2D eigenvalue weighted by molar-refractivity contribution is 6.12. The first-order chi connectivity index (χ1) is 14.6. The number of rotatable bonds is 5. The summed E-state index contributed by atoms with van der Waals surface area (Å²) in [5.74, 6) is 0. The van der Waals surface area contributed by atoms with Gasteiger partial charge in [-0.1, -0.05) is 43.0 Å². The number of nitrogens with zero attached hydrogens (tertiary/aromatic N) is 3. The number of hydrogen-bond donors (Lipinski definition) is 0. The first-order valence-electron chi connectivity index (χ1n) is 10.9. The van der Waals surface area contributed by atoms with E-state index in [1.807, 2.05) is 50.8 Å². The first kappa shape index (κ1) is 24.4. The monoisotopic (exact) mass is 423 g/mol. The number of aliphatic imine (C=N–C) groups is 1. The minimum absolute atomic E-state index is 0.0437. The van der Waals surface area contributed by atoms with E-state index in [-0.39, 0.29) is 12.1 Å². The maximum Gasteiger partial charge on any atom is 0.410 e. The number of piperazine rings is 1. The van der Waals surface area contributed by atoms with Crippen LogP contribution in [0.15, 0.2) is 65.4 Å². The number of carbonyl (C=O) groups excluding carboxylic acids is 1. The number of allylic oxidation sites excluding steroid dienone is 4. The third-order valence-electron chi connectivity index (χ3n) is 5.38. The van der Waals surface area contributed by atoms with Gasteiger partial charge in [0.15, 0.2) is 0 Å². The predicted molar refractivity (Wildman–Crippen MR) is 130 cm³/mol. The van der Waals surface area contributed by atoms with Crippen LogP contribution in [-0.4, -0.2) is 52.9 Å². The number of benzene rings is 1. The van der Waals surface area contributed by atoms with Gasteiger partial charge in [0.25, 0.3) is 0 Å². The summed E-state index contributed by atoms with van der Waals surface area (Å²) in [6, 6.07) is 10.4. The van der Waals surface area contributed by atoms with E-state index in [0.29, 0.717) is 6.54 Å². The van der Waals surface area contributed by atoms with Gasteiger partial charge in [0.1, 0.15) is 5.60 Å². The average molecular weight is 424 g/mol. The quantitative estimate of drug-likeness (QED) is 0.437. The lowest BCUT2D eigenvalue weighted by molar-refractivity contribution is 0.00496. The van der Waals surface area contributed by atoms with Gasteiger partial charge >= 0.3 is 6.09 Å². The summed E-state index contributed by atoms with van der Waals surface area (Å²) in [7, 11) is 0. The van der Waals surface area contributed by atoms with Crippen molar-refractivity contribution >= 4 is 17.4 Å². The second-order valence-electron chi connectivity index (χ2n) is 8.89. The molecule has 168 valence electrons. The fraction of sp³-hybridized carbons (Fsp3) is 0.462. The number of carbonyl (C=O) groups is 1. The third-order valence-corrected chi connectivity index (χ3v) is 5.38. The van der Waals surface area contributed by atoms with Gasteiger partial charge in [0.05, 0.1) is 0 Å². The predicted octanol–water partition coefficient (Wildman–Crippen LogP) is 5.91. The minimum Gasteiger partial charge on any atom is -0.444 e. The van der Waals surface area contributed by atoms with E-state index >= 15 is 0 Å². The highest BCUT2D eigenvalue weighted by Crippen LogP contribution is 2.30. The van der Waals surface area contributed by atoms with Crippen LogP contribution < -0.4 is 0 Å². The minimum atomic E-state index is -0.494. The molecule has 1 aliphatic heterocycles. The maximum absolute atomic E-state index is 12.6. The molecule has 0 bridgehead atoms. The summed E-state index contributed by atoms with van der Waals surface area (Å²) < 4.78 is 5.59. The van der Waals surface area contributed by atoms with Crippen molar-refractivity contribution in [2.24, 2.45) is 4.99 Å². The summed E-state index contributed by atoms with van der Waals surface area (Å²) in [6.45, 7) is 19.9. The Balaban J connectivity index is 2.37. The Labute approximate surface area is 187 Å². The Bertz CT molecular complexity index is 876. The van der Waals surface area contributed by atoms with Crippen molar-refractivity contribution < 1.29 is 9.53 Å². The highest BCUT2D eigenvalue weighted by Gasteiger charge is 2.32. The molecule has 1 aromatic carbocycles. The van der Waals surface area contributed by atoms with E-state index < -0.39 is 5.60 Å². The van der Waals surface area contributed by atoms with Crippen molar-refractivity contribution in [3.8, 4) is 0 Å². The highest BCUT2D eigenvalue weighted by atomic mass is 16.6. The molecule has 31 heavy (non-hydrogen) atoms. The standard InChI is InChI=1S/C26H37N3O2/c1-9-23(22-14-12-11-13-15-22)24(20(4)27-10-2)21(5)28-16-17-29(19(3)18-28)25(30)31-26(6,7)8/h9-15,19H,2,16-18H2,1,3-8H3/b23-9-,24-21-,27-20?. The van der Waals surface area contributed by atoms with Gasteiger partial charge in [-0.05, 0) is 59.6 Å². The molecule has 0 radical (unpaired) electrons. The summed E-state index contributed by atoms with van der Waals surface area (Å²) >= 11 is 0. The molecule has 0 spiro atoms. The van der Waals surface area contributed by atoms with Crippen LogP contribution in [-0.2, 0) is 4.74 Å². The van der Waals surface area contributed by atoms with Gasteiger partial charge in [0.2, 0.25) is 0 Å². The van der Waals surface area contributed by atoms with Crippen molar-refractivity contribution in [1.82, 2.24) is 9.80 Å². The maximum atomic E-state index is 12.6. The van der Waals surface area contributed by atoms with Crippen LogP contribution in [0.4, 0.5) is 4.79 Å². The van der Waals surface area contributed by atoms with E-state index in [2.05, 4.69) is 55.5 Å². The third kappa shape index (κ3) is 6.33. The summed E-state index contributed by atoms with van der Waals surface area (Å²) in [5.41, 5.74) is 4.97. The smallest absolute Gasteiger partial charge is 0.410 e. The molecule has 0 saturated carbocycles. The van der Waals surface area contributed by atoms with Gasteiger partial charge in [-0.15, -0.1) is 0 Å². The Kier molecular flexibility index (Phi) is 8.26. The molecule has 2 rings (SSSR count). The molecule has 1 unspecified atom stereocenters. The molecule has 0 N–H and O–H groups in total. The molecule has 1 heterocycles. The first-order valence-corrected chi connectivity index (χ1v) is 10.9. The number of ether oxygens (including phenoxy) is 1. The lowest BCUT2D eigenvalue weighted by Gasteiger charge is -2.42. The molecule has 5 heteroatoms. The molecule has 1 aromatic rings. The fourth-order valence-corrected chi connectivity index (χ4v) is 3.94. The van der Waals surface area contributed by atoms with E-state index in [1.165, 1.54) is 0 Å². The van der Waals surface area contributed by atoms with Crippen LogP contribution in [0.5, 0.6) is 0 Å². The van der Waals surface area contributed by atoms with Gasteiger partial charge in [0, 0.05) is 48.9 Å². The Morgan fingerprint density at radius 3 is 2.35 bits per heavy atom. The van der Waals surface area contributed by atoms with Crippen molar-refractivity contribution in [1.29, 1.82) is 0 Å². The summed E-state index contributed by atoms with van der Waals surface area (Å²) in [6.07, 6.45) is 3.48. The van der Waals surface area contributed by atoms with Gasteiger partial charge in [-0.2, -0.15) is 0 Å². The van der Waals surface area contributed by atoms with Crippen molar-refractivity contribution in [2.75, 3.05) is 19.6 Å². The van der Waals surface area contributed by atoms with Gasteiger partial charge in [-0.25, -0.2) is 4.79 Å². The zero-order valence-electron chi connectivity index (χ0n) is 20.1. The molecule has 1 atom stereocenters. The lowest BCUT2D eigenvalue weighted by Crippen LogP contribution is -2.54. The number of amides is 1. The second kappa shape index (κ2) is 10.5. The normalized spacial score (nSPS) is 19.1. The molecule has 1 saturated heterocycles. The molecular formula is C26H37N3O2. The van der Waals surface area contributed by atoms with Crippen LogP contribution in [0.3, 0.4) is 0 Å². The van der Waals surface area contributed by atoms with Crippen molar-refractivity contribution in [3.63, 3.8) is 0 Å². The Morgan fingerprint density at radius 2 is 1.84 bits per heavy atom. The van der Waals surface area contributed by atoms with Gasteiger partial charge in [-0.3, -0.25) is 4.99 Å². The molecular weight excluding hydrogens is 386 g/mol. The van der Waals surface area contributed by atoms with E-state index in [0.717, 1.165) is 41.2 Å². The van der Waals surface area contributed by atoms with Crippen LogP contribution in [0.25, 0.3) is 5.57 Å². The zero-order chi connectivity index (χ0) is 23.2. The van der Waals surface area contributed by atoms with E-state index in [4.69, 9.17) is 4.74 Å². The van der Waals surface area contributed by atoms with Crippen molar-refractivity contribution in [2.45, 2.75) is 60.1 Å². The van der Waals surface area contributed by atoms with Crippen LogP contribution >= 0.6 is 0 Å². The molecule has 1 fully saturated rings. The van der Waals surface area contributed by atoms with E-state index in [1.54, 1.807) is 6.20 Å². The fourth-order valence-electron chi connectivity index (χ4n) is 3.94. The lowest BCUT2D eigenvalue weighted by atomic mass is 9.92. The summed E-state index contributed by atoms with van der Waals surface area (Å²) in [5, 5.41) is 0. The molecule has 0 aromatic heterocycles. The Morgan fingerprint density at radius 1 is 1.19 bits per heavy atom. The molecule has 1 amide bonds. The second-order valence-corrected chi connectivity index (χ2v) is 8.89. The van der Waals surface area contributed by atoms with Crippen LogP contribution in [0, 0.1) is 0 Å². The zero-order valence-corrected chi connectivity index (χ0v) is 20.1. The van der Waals surface area contributed by atoms with E-state index in [9.17, 15) is 4.79 Å². The Hall–Kier alpha value is -2.82. The van der Waals surface area contributed by atoms with Crippen LogP contribution in [0.2, 0.25) is 0 Å². The summed E-state index contributed by atoms with van der Waals surface area (Å²) in [4.78, 5) is 21.3. The topological polar surface area (TPSA) is 45.1 Å². The SMILES string of the molecule is C=CN=C(C)C(/C(=C\C)c1ccccc1)=C(\C)N1CCN(C(=O)OC(C)(C)C)C(C)C1. The van der Waals surface area contributed by atoms with Crippen molar-refractivity contribution in [3.05, 3.63) is 66.0 Å². The molecule has 1 aliphatic rings. The molecule has 5 nitrogen and oxygen atoms in total. The van der Waals surface area contributed by atoms with Crippen LogP contribution in [0.1, 0.15) is 54.0 Å². The van der Waals surface area contributed by atoms with Gasteiger partial charge < -0.3 is 14.5 Å². The average Bonchev–Trinajstić information content (AvgIpc) is 2.70. The number of hydrogen-bond acceptors (Lipinski definition) is 4. The largest absolute Gasteiger partial charge is 0.444 e. The molecule has 0 aliphatic carbocycles.